The minimum Gasteiger partial charge on any atom is -0.309 e. The van der Waals surface area contributed by atoms with Crippen molar-refractivity contribution in [2.75, 3.05) is 0 Å². The van der Waals surface area contributed by atoms with Gasteiger partial charge in [-0.1, -0.05) is 107 Å². The molecular weight excluding hydrogens is 478 g/mol. The van der Waals surface area contributed by atoms with Gasteiger partial charge in [-0.3, -0.25) is 0 Å². The molecule has 34 heavy (non-hydrogen) atoms. The van der Waals surface area contributed by atoms with E-state index in [0.29, 0.717) is 0 Å². The van der Waals surface area contributed by atoms with Crippen LogP contribution in [0, 0.1) is 0 Å². The van der Waals surface area contributed by atoms with E-state index in [1.54, 1.807) is 0 Å². The van der Waals surface area contributed by atoms with Crippen molar-refractivity contribution in [1.29, 1.82) is 0 Å². The van der Waals surface area contributed by atoms with Crippen LogP contribution in [0.4, 0.5) is 0 Å². The molecule has 0 aliphatic heterocycles. The Morgan fingerprint density at radius 1 is 0.529 bits per heavy atom. The molecule has 0 aliphatic carbocycles. The third-order valence-corrected chi connectivity index (χ3v) is 7.36. The van der Waals surface area contributed by atoms with Gasteiger partial charge < -0.3 is 4.57 Å². The standard InChI is InChI=1S/C32H20BrN/c33-23-17-14-22(15-18-23)29-20-30-31(27-13-7-6-12-26(27)29)28-19-16-21-8-4-5-11-25(21)32(28)34(30)24-9-2-1-3-10-24/h1-20H. The second-order valence-corrected chi connectivity index (χ2v) is 9.64. The van der Waals surface area contributed by atoms with Crippen LogP contribution >= 0.6 is 15.9 Å². The zero-order chi connectivity index (χ0) is 22.6. The molecule has 0 amide bonds. The van der Waals surface area contributed by atoms with Gasteiger partial charge in [0.25, 0.3) is 0 Å². The van der Waals surface area contributed by atoms with Crippen molar-refractivity contribution < 1.29 is 0 Å². The van der Waals surface area contributed by atoms with Crippen molar-refractivity contribution in [2.45, 2.75) is 0 Å². The minimum absolute atomic E-state index is 1.09. The number of hydrogen-bond donors (Lipinski definition) is 0. The fourth-order valence-electron chi connectivity index (χ4n) is 5.35. The van der Waals surface area contributed by atoms with Crippen molar-refractivity contribution in [2.24, 2.45) is 0 Å². The van der Waals surface area contributed by atoms with Gasteiger partial charge in [0.05, 0.1) is 11.0 Å². The molecule has 0 fully saturated rings. The largest absolute Gasteiger partial charge is 0.309 e. The van der Waals surface area contributed by atoms with Crippen LogP contribution in [0.25, 0.3) is 60.2 Å². The molecular formula is C32H20BrN. The third kappa shape index (κ3) is 2.85. The van der Waals surface area contributed by atoms with Gasteiger partial charge in [0.1, 0.15) is 0 Å². The van der Waals surface area contributed by atoms with Crippen LogP contribution in [0.5, 0.6) is 0 Å². The third-order valence-electron chi connectivity index (χ3n) is 6.83. The Morgan fingerprint density at radius 2 is 1.21 bits per heavy atom. The number of rotatable bonds is 2. The Morgan fingerprint density at radius 3 is 2.00 bits per heavy atom. The first-order valence-electron chi connectivity index (χ1n) is 11.5. The maximum Gasteiger partial charge on any atom is 0.0619 e. The summed E-state index contributed by atoms with van der Waals surface area (Å²) in [5.41, 5.74) is 6.14. The average Bonchev–Trinajstić information content (AvgIpc) is 3.24. The van der Waals surface area contributed by atoms with Gasteiger partial charge >= 0.3 is 0 Å². The summed E-state index contributed by atoms with van der Waals surface area (Å²) >= 11 is 3.59. The fraction of sp³-hybridized carbons (Fsp3) is 0. The monoisotopic (exact) mass is 497 g/mol. The summed E-state index contributed by atoms with van der Waals surface area (Å²) in [7, 11) is 0. The SMILES string of the molecule is Brc1ccc(-c2cc3c(c4ccccc24)c2ccc4ccccc4c2n3-c2ccccc2)cc1. The highest BCUT2D eigenvalue weighted by Gasteiger charge is 2.19. The summed E-state index contributed by atoms with van der Waals surface area (Å²) in [5.74, 6) is 0. The lowest BCUT2D eigenvalue weighted by atomic mass is 9.94. The molecule has 1 heterocycles. The second-order valence-electron chi connectivity index (χ2n) is 8.72. The Labute approximate surface area is 206 Å². The van der Waals surface area contributed by atoms with E-state index in [1.165, 1.54) is 60.2 Å². The Kier molecular flexibility index (Phi) is 4.36. The number of benzene rings is 6. The average molecular weight is 498 g/mol. The number of aromatic nitrogens is 1. The maximum absolute atomic E-state index is 3.59. The molecule has 2 heteroatoms. The molecule has 0 unspecified atom stereocenters. The predicted molar refractivity (Wildman–Crippen MR) is 149 cm³/mol. The molecule has 1 nitrogen and oxygen atoms in total. The van der Waals surface area contributed by atoms with Gasteiger partial charge in [-0.15, -0.1) is 0 Å². The molecule has 0 radical (unpaired) electrons. The van der Waals surface area contributed by atoms with Crippen LogP contribution in [0.1, 0.15) is 0 Å². The maximum atomic E-state index is 3.59. The van der Waals surface area contributed by atoms with Gasteiger partial charge in [-0.2, -0.15) is 0 Å². The molecule has 0 bridgehead atoms. The molecule has 6 aromatic carbocycles. The number of para-hydroxylation sites is 1. The number of fused-ring (bicyclic) bond motifs is 7. The van der Waals surface area contributed by atoms with E-state index in [2.05, 4.69) is 142 Å². The van der Waals surface area contributed by atoms with Crippen molar-refractivity contribution in [3.8, 4) is 16.8 Å². The van der Waals surface area contributed by atoms with E-state index in [4.69, 9.17) is 0 Å². The van der Waals surface area contributed by atoms with Gasteiger partial charge in [0.2, 0.25) is 0 Å². The quantitative estimate of drug-likeness (QED) is 0.224. The van der Waals surface area contributed by atoms with Crippen molar-refractivity contribution in [3.63, 3.8) is 0 Å². The summed E-state index contributed by atoms with van der Waals surface area (Å²) in [6.07, 6.45) is 0. The van der Waals surface area contributed by atoms with E-state index < -0.39 is 0 Å². The molecule has 0 saturated heterocycles. The number of nitrogens with zero attached hydrogens (tertiary/aromatic N) is 1. The molecule has 1 aromatic heterocycles. The van der Waals surface area contributed by atoms with Gasteiger partial charge in [0, 0.05) is 26.3 Å². The first-order chi connectivity index (χ1) is 16.8. The smallest absolute Gasteiger partial charge is 0.0619 e. The fourth-order valence-corrected chi connectivity index (χ4v) is 5.62. The van der Waals surface area contributed by atoms with Crippen LogP contribution in [-0.2, 0) is 0 Å². The van der Waals surface area contributed by atoms with Crippen LogP contribution in [-0.4, -0.2) is 4.57 Å². The molecule has 7 rings (SSSR count). The number of halogens is 1. The first kappa shape index (κ1) is 19.6. The Balaban J connectivity index is 1.75. The zero-order valence-electron chi connectivity index (χ0n) is 18.4. The van der Waals surface area contributed by atoms with Crippen molar-refractivity contribution >= 4 is 59.3 Å². The highest BCUT2D eigenvalue weighted by molar-refractivity contribution is 9.10. The molecule has 0 aliphatic rings. The summed E-state index contributed by atoms with van der Waals surface area (Å²) in [6.45, 7) is 0. The van der Waals surface area contributed by atoms with E-state index in [0.717, 1.165) is 4.47 Å². The highest BCUT2D eigenvalue weighted by atomic mass is 79.9. The van der Waals surface area contributed by atoms with Gasteiger partial charge in [-0.25, -0.2) is 0 Å². The summed E-state index contributed by atoms with van der Waals surface area (Å²) < 4.78 is 3.54. The van der Waals surface area contributed by atoms with Crippen LogP contribution in [0.15, 0.2) is 126 Å². The van der Waals surface area contributed by atoms with Crippen molar-refractivity contribution in [1.82, 2.24) is 4.57 Å². The van der Waals surface area contributed by atoms with Crippen LogP contribution < -0.4 is 0 Å². The second kappa shape index (κ2) is 7.58. The van der Waals surface area contributed by atoms with Crippen LogP contribution in [0.3, 0.4) is 0 Å². The minimum atomic E-state index is 1.09. The predicted octanol–water partition coefficient (Wildman–Crippen LogP) is 9.52. The molecule has 7 aromatic rings. The first-order valence-corrected chi connectivity index (χ1v) is 12.3. The van der Waals surface area contributed by atoms with Crippen molar-refractivity contribution in [3.05, 3.63) is 126 Å². The lowest BCUT2D eigenvalue weighted by molar-refractivity contribution is 1.19. The van der Waals surface area contributed by atoms with E-state index >= 15 is 0 Å². The summed E-state index contributed by atoms with van der Waals surface area (Å²) in [6, 6.07) is 43.8. The molecule has 0 spiro atoms. The lowest BCUT2D eigenvalue weighted by Gasteiger charge is -2.12. The highest BCUT2D eigenvalue weighted by Crippen LogP contribution is 2.43. The molecule has 0 atom stereocenters. The molecule has 0 saturated carbocycles. The van der Waals surface area contributed by atoms with Crippen LogP contribution in [0.2, 0.25) is 0 Å². The molecule has 0 N–H and O–H groups in total. The normalized spacial score (nSPS) is 11.7. The Bertz CT molecular complexity index is 1840. The Hall–Kier alpha value is -3.88. The summed E-state index contributed by atoms with van der Waals surface area (Å²) in [5, 5.41) is 7.68. The number of hydrogen-bond acceptors (Lipinski definition) is 0. The van der Waals surface area contributed by atoms with E-state index in [-0.39, 0.29) is 0 Å². The van der Waals surface area contributed by atoms with E-state index in [9.17, 15) is 0 Å². The van der Waals surface area contributed by atoms with Gasteiger partial charge in [0.15, 0.2) is 0 Å². The summed E-state index contributed by atoms with van der Waals surface area (Å²) in [4.78, 5) is 0. The zero-order valence-corrected chi connectivity index (χ0v) is 20.0. The van der Waals surface area contributed by atoms with E-state index in [1.807, 2.05) is 0 Å². The van der Waals surface area contributed by atoms with Gasteiger partial charge in [-0.05, 0) is 57.6 Å². The molecule has 160 valence electrons. The lowest BCUT2D eigenvalue weighted by Crippen LogP contribution is -1.94. The topological polar surface area (TPSA) is 4.93 Å².